The van der Waals surface area contributed by atoms with Crippen LogP contribution < -0.4 is 0 Å². The van der Waals surface area contributed by atoms with Crippen molar-refractivity contribution in [2.75, 3.05) is 13.1 Å². The number of nitrogens with one attached hydrogen (secondary N) is 1. The van der Waals surface area contributed by atoms with E-state index in [1.165, 1.54) is 4.90 Å². The standard InChI is InChI=1S/C21H20F3N3OS/c22-21(23,24)16-4-3-11-27(12-16)19(28)15-9-7-14(8-10-15)13-29-20-25-17-5-1-2-6-18(17)26-20/h1-2,5-10,16H,3-4,11-13H2,(H,25,26). The van der Waals surface area contributed by atoms with Gasteiger partial charge in [-0.05, 0) is 42.7 Å². The third-order valence-corrected chi connectivity index (χ3v) is 6.06. The van der Waals surface area contributed by atoms with Crippen molar-refractivity contribution in [1.82, 2.24) is 14.9 Å². The van der Waals surface area contributed by atoms with Gasteiger partial charge in [0.1, 0.15) is 0 Å². The van der Waals surface area contributed by atoms with E-state index in [2.05, 4.69) is 9.97 Å². The lowest BCUT2D eigenvalue weighted by atomic mass is 9.97. The zero-order chi connectivity index (χ0) is 20.4. The normalized spacial score (nSPS) is 17.6. The monoisotopic (exact) mass is 419 g/mol. The predicted octanol–water partition coefficient (Wildman–Crippen LogP) is 5.27. The molecule has 1 fully saturated rings. The summed E-state index contributed by atoms with van der Waals surface area (Å²) in [5.74, 6) is -1.09. The summed E-state index contributed by atoms with van der Waals surface area (Å²) < 4.78 is 38.9. The molecular weight excluding hydrogens is 399 g/mol. The molecule has 1 amide bonds. The average Bonchev–Trinajstić information content (AvgIpc) is 3.15. The topological polar surface area (TPSA) is 49.0 Å². The highest BCUT2D eigenvalue weighted by Gasteiger charge is 2.42. The van der Waals surface area contributed by atoms with Crippen LogP contribution in [-0.2, 0) is 5.75 Å². The van der Waals surface area contributed by atoms with E-state index in [1.54, 1.807) is 23.9 Å². The molecule has 1 aliphatic rings. The molecular formula is C21H20F3N3OS. The number of H-pyrrole nitrogens is 1. The maximum absolute atomic E-state index is 13.0. The number of amides is 1. The number of aromatic nitrogens is 2. The first-order valence-corrected chi connectivity index (χ1v) is 10.4. The van der Waals surface area contributed by atoms with Crippen molar-refractivity contribution in [2.45, 2.75) is 29.9 Å². The Hall–Kier alpha value is -2.48. The lowest BCUT2D eigenvalue weighted by Gasteiger charge is -2.33. The van der Waals surface area contributed by atoms with Gasteiger partial charge >= 0.3 is 6.18 Å². The molecule has 1 atom stereocenters. The Balaban J connectivity index is 1.37. The van der Waals surface area contributed by atoms with Crippen LogP contribution in [0.4, 0.5) is 13.2 Å². The molecule has 0 radical (unpaired) electrons. The van der Waals surface area contributed by atoms with Gasteiger partial charge in [0.05, 0.1) is 17.0 Å². The lowest BCUT2D eigenvalue weighted by Crippen LogP contribution is -2.44. The Morgan fingerprint density at radius 1 is 1.17 bits per heavy atom. The van der Waals surface area contributed by atoms with Gasteiger partial charge in [-0.1, -0.05) is 36.0 Å². The molecule has 2 aromatic carbocycles. The van der Waals surface area contributed by atoms with Crippen LogP contribution in [0.25, 0.3) is 11.0 Å². The van der Waals surface area contributed by atoms with Crippen molar-refractivity contribution in [3.8, 4) is 0 Å². The smallest absolute Gasteiger partial charge is 0.338 e. The van der Waals surface area contributed by atoms with E-state index >= 15 is 0 Å². The second-order valence-corrected chi connectivity index (χ2v) is 8.14. The van der Waals surface area contributed by atoms with Gasteiger partial charge in [-0.25, -0.2) is 4.98 Å². The second kappa shape index (κ2) is 8.10. The number of nitrogens with zero attached hydrogens (tertiary/aromatic N) is 2. The Morgan fingerprint density at radius 3 is 2.66 bits per heavy atom. The number of benzene rings is 2. The predicted molar refractivity (Wildman–Crippen MR) is 107 cm³/mol. The van der Waals surface area contributed by atoms with Crippen molar-refractivity contribution in [3.05, 3.63) is 59.7 Å². The fourth-order valence-corrected chi connectivity index (χ4v) is 4.35. The van der Waals surface area contributed by atoms with Gasteiger partial charge in [-0.15, -0.1) is 0 Å². The Bertz CT molecular complexity index is 967. The molecule has 1 saturated heterocycles. The summed E-state index contributed by atoms with van der Waals surface area (Å²) in [7, 11) is 0. The number of para-hydroxylation sites is 2. The third kappa shape index (κ3) is 4.58. The van der Waals surface area contributed by atoms with Crippen LogP contribution in [0.3, 0.4) is 0 Å². The summed E-state index contributed by atoms with van der Waals surface area (Å²) >= 11 is 1.56. The van der Waals surface area contributed by atoms with E-state index in [0.29, 0.717) is 24.3 Å². The highest BCUT2D eigenvalue weighted by atomic mass is 32.2. The van der Waals surface area contributed by atoms with Crippen LogP contribution in [0, 0.1) is 5.92 Å². The molecule has 0 bridgehead atoms. The van der Waals surface area contributed by atoms with Crippen LogP contribution in [0.15, 0.2) is 53.7 Å². The molecule has 3 aromatic rings. The number of piperidine rings is 1. The first-order chi connectivity index (χ1) is 13.9. The number of imidazole rings is 1. The SMILES string of the molecule is O=C(c1ccc(CSc2nc3ccccc3[nH]2)cc1)N1CCCC(C(F)(F)F)C1. The molecule has 4 rings (SSSR count). The molecule has 29 heavy (non-hydrogen) atoms. The Kier molecular flexibility index (Phi) is 5.54. The van der Waals surface area contributed by atoms with Crippen LogP contribution in [0.5, 0.6) is 0 Å². The lowest BCUT2D eigenvalue weighted by molar-refractivity contribution is -0.184. The molecule has 1 aliphatic heterocycles. The number of fused-ring (bicyclic) bond motifs is 1. The summed E-state index contributed by atoms with van der Waals surface area (Å²) in [4.78, 5) is 21.7. The van der Waals surface area contributed by atoms with Crippen molar-refractivity contribution in [1.29, 1.82) is 0 Å². The molecule has 4 nitrogen and oxygen atoms in total. The van der Waals surface area contributed by atoms with Crippen LogP contribution in [0.1, 0.15) is 28.8 Å². The number of likely N-dealkylation sites (tertiary alicyclic amines) is 1. The maximum Gasteiger partial charge on any atom is 0.393 e. The van der Waals surface area contributed by atoms with Crippen molar-refractivity contribution < 1.29 is 18.0 Å². The molecule has 152 valence electrons. The number of rotatable bonds is 4. The van der Waals surface area contributed by atoms with E-state index in [1.807, 2.05) is 36.4 Å². The fourth-order valence-electron chi connectivity index (χ4n) is 3.50. The summed E-state index contributed by atoms with van der Waals surface area (Å²) in [6.07, 6.45) is -3.79. The van der Waals surface area contributed by atoms with E-state index in [0.717, 1.165) is 21.8 Å². The fraction of sp³-hybridized carbons (Fsp3) is 0.333. The van der Waals surface area contributed by atoms with E-state index in [4.69, 9.17) is 0 Å². The van der Waals surface area contributed by atoms with Gasteiger partial charge in [0.25, 0.3) is 5.91 Å². The number of hydrogen-bond acceptors (Lipinski definition) is 3. The number of aromatic amines is 1. The van der Waals surface area contributed by atoms with E-state index in [-0.39, 0.29) is 18.9 Å². The summed E-state index contributed by atoms with van der Waals surface area (Å²) in [5.41, 5.74) is 3.33. The number of halogens is 3. The van der Waals surface area contributed by atoms with Crippen LogP contribution >= 0.6 is 11.8 Å². The minimum Gasteiger partial charge on any atom is -0.338 e. The van der Waals surface area contributed by atoms with Crippen molar-refractivity contribution in [2.24, 2.45) is 5.92 Å². The zero-order valence-corrected chi connectivity index (χ0v) is 16.4. The van der Waals surface area contributed by atoms with Crippen LogP contribution in [0.2, 0.25) is 0 Å². The van der Waals surface area contributed by atoms with Gasteiger partial charge < -0.3 is 9.88 Å². The van der Waals surface area contributed by atoms with Gasteiger partial charge in [0.2, 0.25) is 0 Å². The largest absolute Gasteiger partial charge is 0.393 e. The number of hydrogen-bond donors (Lipinski definition) is 1. The molecule has 1 unspecified atom stereocenters. The minimum atomic E-state index is -4.25. The van der Waals surface area contributed by atoms with Gasteiger partial charge in [-0.2, -0.15) is 13.2 Å². The molecule has 2 heterocycles. The molecule has 0 spiro atoms. The summed E-state index contributed by atoms with van der Waals surface area (Å²) in [6, 6.07) is 14.9. The maximum atomic E-state index is 13.0. The van der Waals surface area contributed by atoms with E-state index < -0.39 is 12.1 Å². The third-order valence-electron chi connectivity index (χ3n) is 5.12. The van der Waals surface area contributed by atoms with Crippen LogP contribution in [-0.4, -0.2) is 40.0 Å². The summed E-state index contributed by atoms with van der Waals surface area (Å²) in [6.45, 7) is 0.112. The Labute approximate surface area is 170 Å². The van der Waals surface area contributed by atoms with Gasteiger partial charge in [0, 0.05) is 24.4 Å². The quantitative estimate of drug-likeness (QED) is 0.586. The first-order valence-electron chi connectivity index (χ1n) is 9.42. The average molecular weight is 419 g/mol. The minimum absolute atomic E-state index is 0.0885. The van der Waals surface area contributed by atoms with Crippen molar-refractivity contribution in [3.63, 3.8) is 0 Å². The first kappa shape index (κ1) is 19.8. The number of carbonyl (C=O) groups excluding carboxylic acids is 1. The zero-order valence-electron chi connectivity index (χ0n) is 15.6. The number of carbonyl (C=O) groups is 1. The van der Waals surface area contributed by atoms with Gasteiger partial charge in [0.15, 0.2) is 5.16 Å². The van der Waals surface area contributed by atoms with E-state index in [9.17, 15) is 18.0 Å². The molecule has 1 aromatic heterocycles. The number of alkyl halides is 3. The highest BCUT2D eigenvalue weighted by molar-refractivity contribution is 7.98. The second-order valence-electron chi connectivity index (χ2n) is 7.18. The molecule has 8 heteroatoms. The summed E-state index contributed by atoms with van der Waals surface area (Å²) in [5, 5.41) is 0.817. The Morgan fingerprint density at radius 2 is 1.93 bits per heavy atom. The van der Waals surface area contributed by atoms with Crippen molar-refractivity contribution >= 4 is 28.7 Å². The molecule has 0 aliphatic carbocycles. The number of thioether (sulfide) groups is 1. The highest BCUT2D eigenvalue weighted by Crippen LogP contribution is 2.33. The van der Waals surface area contributed by atoms with Gasteiger partial charge in [-0.3, -0.25) is 4.79 Å². The molecule has 0 saturated carbocycles. The molecule has 1 N–H and O–H groups in total.